The quantitative estimate of drug-likeness (QED) is 0.0480. The number of nitrogens with zero attached hydrogens (tertiary/aromatic N) is 4. The van der Waals surface area contributed by atoms with Crippen LogP contribution in [0.5, 0.6) is 0 Å². The number of benzene rings is 6. The Kier molecular flexibility index (Phi) is 15.1. The predicted molar refractivity (Wildman–Crippen MR) is 229 cm³/mol. The van der Waals surface area contributed by atoms with Crippen molar-refractivity contribution >= 4 is 81.4 Å². The molecule has 0 aliphatic carbocycles. The van der Waals surface area contributed by atoms with Crippen LogP contribution in [0.2, 0.25) is 0 Å². The zero-order chi connectivity index (χ0) is 37.8. The second-order valence-electron chi connectivity index (χ2n) is 12.5. The van der Waals surface area contributed by atoms with Crippen molar-refractivity contribution in [3.8, 4) is 0 Å². The second-order valence-corrected chi connectivity index (χ2v) is 12.5. The third kappa shape index (κ3) is 12.3. The molecular weight excluding hydrogens is 739 g/mol. The molecule has 0 unspecified atom stereocenters. The molecule has 0 radical (unpaired) electrons. The fraction of sp³-hybridized carbons (Fsp3) is 0. The Labute approximate surface area is 382 Å². The summed E-state index contributed by atoms with van der Waals surface area (Å²) in [6.07, 6.45) is 3.99. The van der Waals surface area contributed by atoms with Gasteiger partial charge in [-0.25, -0.2) is 0 Å². The molecular formula is C46H36N10Na2. The van der Waals surface area contributed by atoms with E-state index in [0.717, 1.165) is 45.3 Å². The van der Waals surface area contributed by atoms with E-state index in [4.69, 9.17) is 19.9 Å². The van der Waals surface area contributed by atoms with Gasteiger partial charge >= 0.3 is 59.1 Å². The monoisotopic (exact) mass is 774 g/mol. The largest absolute Gasteiger partial charge is 1.00 e. The van der Waals surface area contributed by atoms with Crippen molar-refractivity contribution in [2.45, 2.75) is 0 Å². The van der Waals surface area contributed by atoms with Crippen LogP contribution < -0.4 is 91.0 Å². The van der Waals surface area contributed by atoms with Gasteiger partial charge in [0.15, 0.2) is 0 Å². The number of hydrogen-bond donors (Lipinski definition) is 6. The van der Waals surface area contributed by atoms with E-state index in [1.807, 2.05) is 182 Å². The van der Waals surface area contributed by atoms with Crippen LogP contribution in [-0.4, -0.2) is 19.9 Å². The standard InChI is InChI=1S/C46H36N10.2Na/c1-5-13-35(14-6-1)47-41-31-42(48-36-15-7-2-8-16-36)54-45(53-41)51-39-27-23-33(24-28-39)21-22-34-25-29-40(30-26-34)52-46-55-43(49-37-17-9-3-10-18-37)32-44(56-46)50-38-19-11-4-12-20-38;;/h1-23,25,27-32H,(H3,47,48,51,53,54)(H3,49,50,52,55,56);;/q-2;2*+1. The Morgan fingerprint density at radius 3 is 0.879 bits per heavy atom. The summed E-state index contributed by atoms with van der Waals surface area (Å²) in [5.74, 6) is 3.49. The van der Waals surface area contributed by atoms with Crippen LogP contribution >= 0.6 is 0 Å². The summed E-state index contributed by atoms with van der Waals surface area (Å²) in [5, 5.41) is 20.1. The first-order chi connectivity index (χ1) is 27.6. The molecule has 0 fully saturated rings. The van der Waals surface area contributed by atoms with Crippen molar-refractivity contribution in [3.05, 3.63) is 193 Å². The first-order valence-electron chi connectivity index (χ1n) is 18.0. The van der Waals surface area contributed by atoms with Crippen LogP contribution in [0.3, 0.4) is 0 Å². The maximum Gasteiger partial charge on any atom is 1.00 e. The molecule has 272 valence electrons. The predicted octanol–water partition coefficient (Wildman–Crippen LogP) is 5.51. The van der Waals surface area contributed by atoms with Crippen molar-refractivity contribution in [1.29, 1.82) is 0 Å². The molecule has 0 aliphatic heterocycles. The van der Waals surface area contributed by atoms with Gasteiger partial charge in [-0.3, -0.25) is 0 Å². The Balaban J connectivity index is 0.00000283. The Hall–Kier alpha value is -5.98. The van der Waals surface area contributed by atoms with Crippen molar-refractivity contribution < 1.29 is 59.1 Å². The fourth-order valence-electron chi connectivity index (χ4n) is 5.61. The summed E-state index contributed by atoms with van der Waals surface area (Å²) in [6, 6.07) is 61.7. The van der Waals surface area contributed by atoms with Crippen LogP contribution in [0.1, 0.15) is 11.1 Å². The molecule has 0 spiro atoms. The van der Waals surface area contributed by atoms with Crippen LogP contribution in [0, 0.1) is 12.1 Å². The second kappa shape index (κ2) is 21.0. The van der Waals surface area contributed by atoms with Crippen LogP contribution in [-0.2, 0) is 0 Å². The van der Waals surface area contributed by atoms with E-state index in [1.54, 1.807) is 0 Å². The molecule has 2 aromatic heterocycles. The zero-order valence-corrected chi connectivity index (χ0v) is 36.1. The minimum Gasteiger partial charge on any atom is -0.364 e. The van der Waals surface area contributed by atoms with E-state index in [1.165, 1.54) is 0 Å². The summed E-state index contributed by atoms with van der Waals surface area (Å²) in [4.78, 5) is 18.9. The topological polar surface area (TPSA) is 124 Å². The van der Waals surface area contributed by atoms with Crippen molar-refractivity contribution in [2.75, 3.05) is 31.9 Å². The van der Waals surface area contributed by atoms with Crippen LogP contribution in [0.4, 0.5) is 69.3 Å². The average molecular weight is 775 g/mol. The zero-order valence-electron chi connectivity index (χ0n) is 32.1. The molecule has 8 aromatic rings. The smallest absolute Gasteiger partial charge is 0.364 e. The molecule has 0 bridgehead atoms. The summed E-state index contributed by atoms with van der Waals surface area (Å²) in [5.41, 5.74) is 7.14. The maximum absolute atomic E-state index is 4.72. The van der Waals surface area contributed by atoms with E-state index >= 15 is 0 Å². The number of hydrogen-bond acceptors (Lipinski definition) is 10. The first-order valence-corrected chi connectivity index (χ1v) is 18.0. The number of aromatic nitrogens is 4. The van der Waals surface area contributed by atoms with E-state index in [0.29, 0.717) is 35.2 Å². The number of anilines is 12. The minimum atomic E-state index is 0. The molecule has 8 rings (SSSR count). The molecule has 0 saturated carbocycles. The van der Waals surface area contributed by atoms with E-state index in [-0.39, 0.29) is 59.1 Å². The Bertz CT molecular complexity index is 2210. The van der Waals surface area contributed by atoms with Gasteiger partial charge in [0.05, 0.1) is 0 Å². The SMILES string of the molecule is [Na+].[Na+].[c-]1cc(Nc2nc(Nc3ccccc3)cc(Nc3ccccc3)n2)ccc1C=Cc1[c-]cc(Nc2nc(Nc3ccccc3)cc(Nc3ccccc3)n2)cc1. The number of nitrogens with one attached hydrogen (secondary N) is 6. The van der Waals surface area contributed by atoms with E-state index in [2.05, 4.69) is 44.0 Å². The number of para-hydroxylation sites is 4. The average Bonchev–Trinajstić information content (AvgIpc) is 3.22. The number of rotatable bonds is 14. The third-order valence-electron chi connectivity index (χ3n) is 8.27. The van der Waals surface area contributed by atoms with Gasteiger partial charge < -0.3 is 31.9 Å². The van der Waals surface area contributed by atoms with Crippen LogP contribution in [0.15, 0.2) is 170 Å². The molecule has 2 heterocycles. The van der Waals surface area contributed by atoms with Gasteiger partial charge in [-0.15, -0.1) is 48.5 Å². The molecule has 0 saturated heterocycles. The van der Waals surface area contributed by atoms with Crippen molar-refractivity contribution in [2.24, 2.45) is 0 Å². The summed E-state index contributed by atoms with van der Waals surface area (Å²) in [6.45, 7) is 0. The third-order valence-corrected chi connectivity index (χ3v) is 8.27. The Morgan fingerprint density at radius 2 is 0.621 bits per heavy atom. The Morgan fingerprint density at radius 1 is 0.328 bits per heavy atom. The summed E-state index contributed by atoms with van der Waals surface area (Å²) in [7, 11) is 0. The minimum absolute atomic E-state index is 0. The molecule has 0 aliphatic rings. The molecule has 0 atom stereocenters. The van der Waals surface area contributed by atoms with Gasteiger partial charge in [0.1, 0.15) is 23.3 Å². The van der Waals surface area contributed by atoms with Gasteiger partial charge in [0.2, 0.25) is 11.9 Å². The summed E-state index contributed by atoms with van der Waals surface area (Å²) < 4.78 is 0. The van der Waals surface area contributed by atoms with E-state index in [9.17, 15) is 0 Å². The maximum atomic E-state index is 4.72. The fourth-order valence-corrected chi connectivity index (χ4v) is 5.61. The molecule has 0 amide bonds. The van der Waals surface area contributed by atoms with Gasteiger partial charge in [0.25, 0.3) is 0 Å². The van der Waals surface area contributed by atoms with Crippen LogP contribution in [0.25, 0.3) is 12.2 Å². The first kappa shape index (κ1) is 41.6. The molecule has 58 heavy (non-hydrogen) atoms. The van der Waals surface area contributed by atoms with Gasteiger partial charge in [-0.2, -0.15) is 43.2 Å². The normalized spacial score (nSPS) is 10.4. The van der Waals surface area contributed by atoms with Crippen molar-refractivity contribution in [1.82, 2.24) is 19.9 Å². The van der Waals surface area contributed by atoms with Gasteiger partial charge in [-0.1, -0.05) is 72.8 Å². The van der Waals surface area contributed by atoms with Crippen molar-refractivity contribution in [3.63, 3.8) is 0 Å². The van der Waals surface area contributed by atoms with E-state index < -0.39 is 0 Å². The molecule has 6 N–H and O–H groups in total. The summed E-state index contributed by atoms with van der Waals surface area (Å²) >= 11 is 0. The van der Waals surface area contributed by atoms with Gasteiger partial charge in [0, 0.05) is 34.9 Å². The molecule has 6 aromatic carbocycles. The molecule has 12 heteroatoms. The molecule has 10 nitrogen and oxygen atoms in total. The van der Waals surface area contributed by atoms with Gasteiger partial charge in [-0.05, 0) is 59.9 Å².